The molecule has 0 saturated heterocycles. The van der Waals surface area contributed by atoms with E-state index in [0.717, 1.165) is 5.56 Å². The Balaban J connectivity index is 3.56. The summed E-state index contributed by atoms with van der Waals surface area (Å²) in [7, 11) is 0. The van der Waals surface area contributed by atoms with Gasteiger partial charge in [-0.15, -0.1) is 0 Å². The molecule has 0 aliphatic rings. The van der Waals surface area contributed by atoms with E-state index in [-0.39, 0.29) is 11.0 Å². The lowest BCUT2D eigenvalue weighted by Crippen LogP contribution is -2.13. The Bertz CT molecular complexity index is 459. The molecule has 0 heteroatoms. The van der Waals surface area contributed by atoms with Gasteiger partial charge in [-0.25, -0.2) is 0 Å². The molecule has 1 rings (SSSR count). The molecule has 0 atom stereocenters. The third-order valence-electron chi connectivity index (χ3n) is 2.00. The van der Waals surface area contributed by atoms with Crippen molar-refractivity contribution in [1.29, 1.82) is 0 Å². The van der Waals surface area contributed by atoms with E-state index >= 15 is 0 Å². The van der Waals surface area contributed by atoms with Crippen LogP contribution >= 0.6 is 0 Å². The lowest BCUT2D eigenvalue weighted by atomic mass is 9.82. The Labute approximate surface area is 88.3 Å². The van der Waals surface area contributed by atoms with Gasteiger partial charge in [0.1, 0.15) is 0 Å². The second kappa shape index (κ2) is 3.37. The summed E-state index contributed by atoms with van der Waals surface area (Å²) in [5.74, 6) is 0. The average molecular weight is 179 g/mol. The Morgan fingerprint density at radius 2 is 2.08 bits per heavy atom. The van der Waals surface area contributed by atoms with E-state index in [0.29, 0.717) is 5.56 Å². The number of rotatable bonds is 1. The zero-order valence-corrected chi connectivity index (χ0v) is 8.31. The van der Waals surface area contributed by atoms with Crippen molar-refractivity contribution in [3.05, 3.63) is 41.9 Å². The highest BCUT2D eigenvalue weighted by molar-refractivity contribution is 5.65. The van der Waals surface area contributed by atoms with Gasteiger partial charge >= 0.3 is 0 Å². The predicted molar refractivity (Wildman–Crippen MR) is 59.9 cm³/mol. The molecule has 0 fully saturated rings. The summed E-state index contributed by atoms with van der Waals surface area (Å²) in [6.07, 6.45) is 0. The van der Waals surface area contributed by atoms with Crippen LogP contribution in [0.25, 0.3) is 5.57 Å². The molecule has 13 heavy (non-hydrogen) atoms. The molecule has 0 aromatic heterocycles. The predicted octanol–water partition coefficient (Wildman–Crippen LogP) is 4.02. The number of benzene rings is 1. The molecule has 0 saturated carbocycles. The number of hydrogen-bond acceptors (Lipinski definition) is 0. The maximum absolute atomic E-state index is 7.49. The molecule has 0 unspecified atom stereocenters. The van der Waals surface area contributed by atoms with Crippen LogP contribution in [-0.2, 0) is 5.41 Å². The Morgan fingerprint density at radius 3 is 2.62 bits per heavy atom. The van der Waals surface area contributed by atoms with Gasteiger partial charge in [0.2, 0.25) is 0 Å². The summed E-state index contributed by atoms with van der Waals surface area (Å²) in [6, 6.07) is 7.10. The molecule has 0 nitrogen and oxygen atoms in total. The van der Waals surface area contributed by atoms with Crippen LogP contribution in [0, 0.1) is 0 Å². The van der Waals surface area contributed by atoms with Crippen molar-refractivity contribution in [2.75, 3.05) is 0 Å². The highest BCUT2D eigenvalue weighted by Crippen LogP contribution is 2.28. The smallest absolute Gasteiger partial charge is 0.0541 e. The quantitative estimate of drug-likeness (QED) is 0.611. The third-order valence-corrected chi connectivity index (χ3v) is 2.00. The molecule has 0 aliphatic carbocycles. The minimum Gasteiger partial charge on any atom is -0.0955 e. The molecule has 0 heterocycles. The van der Waals surface area contributed by atoms with Crippen molar-refractivity contribution in [3.8, 4) is 0 Å². The molecule has 0 spiro atoms. The topological polar surface area (TPSA) is 0 Å². The monoisotopic (exact) mass is 179 g/mol. The molecule has 0 bridgehead atoms. The lowest BCUT2D eigenvalue weighted by Gasteiger charge is -2.22. The Hall–Kier alpha value is -1.04. The van der Waals surface area contributed by atoms with Gasteiger partial charge in [0.15, 0.2) is 0 Å². The summed E-state index contributed by atoms with van der Waals surface area (Å²) in [4.78, 5) is 0. The van der Waals surface area contributed by atoms with Crippen LogP contribution in [0.5, 0.6) is 0 Å². The first-order chi connectivity index (χ1) is 8.05. The van der Waals surface area contributed by atoms with Gasteiger partial charge < -0.3 is 0 Å². The minimum atomic E-state index is -2.44. The second-order valence-electron chi connectivity index (χ2n) is 4.17. The van der Waals surface area contributed by atoms with Gasteiger partial charge in [0.05, 0.1) is 2.74 Å². The standard InChI is InChI=1S/C13H18/c1-10(2)11-8-6-7-9-12(11)13(3,4)5/h6-9H,1H2,2-5H3/i1D2,2D3. The zero-order chi connectivity index (χ0) is 14.1. The van der Waals surface area contributed by atoms with E-state index in [1.165, 1.54) is 0 Å². The molecule has 0 aliphatic heterocycles. The van der Waals surface area contributed by atoms with E-state index in [1.54, 1.807) is 12.1 Å². The lowest BCUT2D eigenvalue weighted by molar-refractivity contribution is 0.588. The van der Waals surface area contributed by atoms with E-state index in [2.05, 4.69) is 0 Å². The van der Waals surface area contributed by atoms with E-state index < -0.39 is 13.4 Å². The zero-order valence-electron chi connectivity index (χ0n) is 13.3. The van der Waals surface area contributed by atoms with Crippen LogP contribution in [0.15, 0.2) is 30.8 Å². The first-order valence-corrected chi connectivity index (χ1v) is 4.33. The average Bonchev–Trinajstić information content (AvgIpc) is 2.13. The fourth-order valence-corrected chi connectivity index (χ4v) is 1.36. The first-order valence-electron chi connectivity index (χ1n) is 6.83. The normalized spacial score (nSPS) is 17.6. The van der Waals surface area contributed by atoms with Crippen LogP contribution in [0.4, 0.5) is 0 Å². The Kier molecular flexibility index (Phi) is 1.30. The van der Waals surface area contributed by atoms with Crippen LogP contribution in [0.1, 0.15) is 45.6 Å². The Morgan fingerprint density at radius 1 is 1.38 bits per heavy atom. The van der Waals surface area contributed by atoms with E-state index in [4.69, 9.17) is 6.85 Å². The number of hydrogen-bond donors (Lipinski definition) is 0. The largest absolute Gasteiger partial charge is 0.0955 e. The molecular weight excluding hydrogens is 156 g/mol. The fourth-order valence-electron chi connectivity index (χ4n) is 1.36. The summed E-state index contributed by atoms with van der Waals surface area (Å²) < 4.78 is 37.3. The van der Waals surface area contributed by atoms with Gasteiger partial charge in [-0.2, -0.15) is 0 Å². The van der Waals surface area contributed by atoms with Gasteiger partial charge in [0.25, 0.3) is 0 Å². The van der Waals surface area contributed by atoms with Gasteiger partial charge in [-0.05, 0) is 23.4 Å². The summed E-state index contributed by atoms with van der Waals surface area (Å²) in [5.41, 5.74) is 0.897. The molecule has 70 valence electrons. The molecule has 0 N–H and O–H groups in total. The summed E-state index contributed by atoms with van der Waals surface area (Å²) in [5, 5.41) is 0. The van der Waals surface area contributed by atoms with Crippen LogP contribution in [-0.4, -0.2) is 0 Å². The van der Waals surface area contributed by atoms with Gasteiger partial charge in [-0.3, -0.25) is 0 Å². The number of allylic oxidation sites excluding steroid dienone is 1. The third kappa shape index (κ3) is 2.21. The maximum Gasteiger partial charge on any atom is 0.0541 e. The molecule has 0 amide bonds. The summed E-state index contributed by atoms with van der Waals surface area (Å²) in [6.45, 7) is 2.86. The molecule has 1 aromatic carbocycles. The highest BCUT2D eigenvalue weighted by atomic mass is 14.2. The fraction of sp³-hybridized carbons (Fsp3) is 0.385. The van der Waals surface area contributed by atoms with E-state index in [1.807, 2.05) is 32.9 Å². The molecule has 1 aromatic rings. The van der Waals surface area contributed by atoms with Crippen molar-refractivity contribution in [1.82, 2.24) is 0 Å². The minimum absolute atomic E-state index is 0.187. The van der Waals surface area contributed by atoms with Crippen LogP contribution in [0.3, 0.4) is 0 Å². The van der Waals surface area contributed by atoms with Gasteiger partial charge in [0, 0.05) is 4.11 Å². The van der Waals surface area contributed by atoms with Crippen molar-refractivity contribution in [3.63, 3.8) is 0 Å². The first kappa shape index (κ1) is 4.99. The van der Waals surface area contributed by atoms with Crippen LogP contribution in [0.2, 0.25) is 0 Å². The van der Waals surface area contributed by atoms with Crippen molar-refractivity contribution < 1.29 is 6.85 Å². The SMILES string of the molecule is [2H]C([2H])=C(c1ccccc1C(C)(C)C)C([2H])([2H])[2H]. The van der Waals surface area contributed by atoms with Crippen molar-refractivity contribution >= 4 is 5.57 Å². The molecule has 0 radical (unpaired) electrons. The van der Waals surface area contributed by atoms with Gasteiger partial charge in [-0.1, -0.05) is 57.1 Å². The van der Waals surface area contributed by atoms with Crippen molar-refractivity contribution in [2.45, 2.75) is 33.0 Å². The van der Waals surface area contributed by atoms with E-state index in [9.17, 15) is 0 Å². The molecular formula is C13H18. The highest BCUT2D eigenvalue weighted by Gasteiger charge is 2.16. The maximum atomic E-state index is 7.49. The summed E-state index contributed by atoms with van der Waals surface area (Å²) >= 11 is 0. The second-order valence-corrected chi connectivity index (χ2v) is 4.17. The van der Waals surface area contributed by atoms with Crippen molar-refractivity contribution in [2.24, 2.45) is 0 Å². The van der Waals surface area contributed by atoms with Crippen LogP contribution < -0.4 is 0 Å².